The van der Waals surface area contributed by atoms with Gasteiger partial charge >= 0.3 is 6.03 Å². The quantitative estimate of drug-likeness (QED) is 0.0261. The van der Waals surface area contributed by atoms with Crippen LogP contribution in [0.1, 0.15) is 48.2 Å². The lowest BCUT2D eigenvalue weighted by molar-refractivity contribution is -0.384. The summed E-state index contributed by atoms with van der Waals surface area (Å²) in [4.78, 5) is 100. The van der Waals surface area contributed by atoms with Gasteiger partial charge in [-0.25, -0.2) is 49.7 Å². The van der Waals surface area contributed by atoms with Crippen LogP contribution >= 0.6 is 0 Å². The van der Waals surface area contributed by atoms with E-state index in [1.165, 1.54) is 24.3 Å². The second-order valence-electron chi connectivity index (χ2n) is 20.9. The van der Waals surface area contributed by atoms with Crippen molar-refractivity contribution in [1.82, 2.24) is 44.9 Å². The Bertz CT molecular complexity index is 4930. The number of nitrogens with one attached hydrogen (secondary N) is 8. The van der Waals surface area contributed by atoms with Crippen LogP contribution in [0.15, 0.2) is 231 Å². The van der Waals surface area contributed by atoms with Gasteiger partial charge in [0.15, 0.2) is 34.4 Å². The molecule has 0 fully saturated rings. The summed E-state index contributed by atoms with van der Waals surface area (Å²) in [5.41, 5.74) is 17.9. The van der Waals surface area contributed by atoms with Crippen molar-refractivity contribution in [1.29, 1.82) is 0 Å². The Hall–Kier alpha value is -13.7. The van der Waals surface area contributed by atoms with Gasteiger partial charge in [0.05, 0.1) is 57.7 Å². The van der Waals surface area contributed by atoms with Gasteiger partial charge in [-0.1, -0.05) is 72.8 Å². The normalized spacial score (nSPS) is 10.6. The highest BCUT2D eigenvalue weighted by Crippen LogP contribution is 2.26. The average molecular weight is 1260 g/mol. The Morgan fingerprint density at radius 2 is 0.663 bits per heavy atom. The van der Waals surface area contributed by atoms with Crippen LogP contribution in [-0.4, -0.2) is 73.5 Å². The summed E-state index contributed by atoms with van der Waals surface area (Å²) in [5, 5.41) is 34.3. The third-order valence-electron chi connectivity index (χ3n) is 14.0. The molecule has 6 heterocycles. The van der Waals surface area contributed by atoms with Gasteiger partial charge in [0.2, 0.25) is 0 Å². The number of non-ortho nitro benzene ring substituents is 1. The number of anilines is 12. The summed E-state index contributed by atoms with van der Waals surface area (Å²) in [6.45, 7) is 5.37. The zero-order valence-corrected chi connectivity index (χ0v) is 50.9. The fraction of sp³-hybridized carbons (Fsp3) is 0.0429. The number of nitrogen functional groups attached to an aromatic ring is 1. The number of carbonyl (C=O) groups is 4. The fourth-order valence-corrected chi connectivity index (χ4v) is 9.14. The number of pyridine rings is 3. The van der Waals surface area contributed by atoms with Gasteiger partial charge in [-0.15, -0.1) is 0 Å². The van der Waals surface area contributed by atoms with Crippen LogP contribution in [0, 0.1) is 30.9 Å². The molecule has 0 atom stereocenters. The highest BCUT2D eigenvalue weighted by Gasteiger charge is 2.17. The topological polar surface area (TPSA) is 350 Å². The largest absolute Gasteiger partial charge is 0.399 e. The predicted octanol–water partition coefficient (Wildman–Crippen LogP) is 14.1. The number of nitro benzene ring substituents is 1. The van der Waals surface area contributed by atoms with E-state index in [0.717, 1.165) is 17.1 Å². The SMILES string of the molecule is Cc1nc2nc(Nc3ccccc3)cnc2cc1NC(=O)c1ccc(N)cc1.Cc1nc2nc(Nc3ccccc3)cnc2cc1NC(=O)c1ccc(NC(=O)Nc2ccccc2)cc1.Cc1nc2nc(Nc3ccccc3)cnc2cc1NC(=O)c1ccc([N+](=O)[O-])cc1. The number of hydrogen-bond donors (Lipinski definition) is 9. The number of fused-ring (bicyclic) bond motifs is 3. The fourth-order valence-electron chi connectivity index (χ4n) is 9.14. The Morgan fingerprint density at radius 3 is 0.989 bits per heavy atom. The molecule has 95 heavy (non-hydrogen) atoms. The molecular weight excluding hydrogens is 1200 g/mol. The minimum atomic E-state index is -0.515. The summed E-state index contributed by atoms with van der Waals surface area (Å²) in [7, 11) is 0. The molecule has 0 spiro atoms. The summed E-state index contributed by atoms with van der Waals surface area (Å²) < 4.78 is 0. The molecule has 0 saturated carbocycles. The van der Waals surface area contributed by atoms with Crippen molar-refractivity contribution in [2.75, 3.05) is 48.3 Å². The van der Waals surface area contributed by atoms with E-state index in [9.17, 15) is 29.3 Å². The van der Waals surface area contributed by atoms with E-state index < -0.39 is 10.8 Å². The molecule has 7 aromatic carbocycles. The highest BCUT2D eigenvalue weighted by molar-refractivity contribution is 6.07. The number of aromatic nitrogens is 9. The van der Waals surface area contributed by atoms with E-state index in [1.54, 1.807) is 111 Å². The minimum Gasteiger partial charge on any atom is -0.399 e. The molecule has 25 nitrogen and oxygen atoms in total. The van der Waals surface area contributed by atoms with Gasteiger partial charge in [0, 0.05) is 62.9 Å². The number of nitro groups is 1. The zero-order valence-electron chi connectivity index (χ0n) is 50.9. The van der Waals surface area contributed by atoms with Crippen molar-refractivity contribution < 1.29 is 24.1 Å². The van der Waals surface area contributed by atoms with E-state index in [4.69, 9.17) is 5.73 Å². The Kier molecular flexibility index (Phi) is 19.4. The minimum absolute atomic E-state index is 0.0784. The molecule has 0 aliphatic heterocycles. The molecule has 13 rings (SSSR count). The van der Waals surface area contributed by atoms with E-state index in [-0.39, 0.29) is 23.5 Å². The molecule has 10 N–H and O–H groups in total. The maximum Gasteiger partial charge on any atom is 0.323 e. The van der Waals surface area contributed by atoms with Crippen LogP contribution in [0.25, 0.3) is 33.5 Å². The smallest absolute Gasteiger partial charge is 0.323 e. The van der Waals surface area contributed by atoms with Crippen LogP contribution in [0.2, 0.25) is 0 Å². The summed E-state index contributed by atoms with van der Waals surface area (Å²) in [6, 6.07) is 61.7. The first-order valence-corrected chi connectivity index (χ1v) is 29.3. The molecule has 0 saturated heterocycles. The molecule has 0 radical (unpaired) electrons. The standard InChI is InChI=1S/C28H23N7O2.C21H16N6O3.C21H18N6O/c1-18-23(16-24-26(30-18)35-25(17-29-24)31-20-8-4-2-5-9-20)34-27(36)19-12-14-22(15-13-19)33-28(37)32-21-10-6-3-7-11-21;1-13-17(25-21(28)14-7-9-16(10-8-14)27(29)30)11-18-20(23-13)26-19(12-22-18)24-15-5-3-2-4-6-15;1-13-17(26-21(28)14-7-9-15(22)10-8-14)11-18-20(24-13)27-19(12-23-18)25-16-5-3-2-4-6-16/h2-17H,1H3,(H,34,36)(H,30,31,35)(H2,32,33,37);2-12H,1H3,(H,25,28)(H,23,24,26);2-12H,22H2,1H3,(H,26,28)(H,24,25,27). The molecule has 25 heteroatoms. The van der Waals surface area contributed by atoms with Gasteiger partial charge in [-0.3, -0.25) is 24.5 Å². The van der Waals surface area contributed by atoms with Crippen molar-refractivity contribution in [3.8, 4) is 0 Å². The lowest BCUT2D eigenvalue weighted by Crippen LogP contribution is -2.19. The van der Waals surface area contributed by atoms with Crippen LogP contribution in [0.4, 0.5) is 79.1 Å². The lowest BCUT2D eigenvalue weighted by Gasteiger charge is -2.11. The highest BCUT2D eigenvalue weighted by atomic mass is 16.6. The molecule has 0 unspecified atom stereocenters. The summed E-state index contributed by atoms with van der Waals surface area (Å²) in [6.07, 6.45) is 4.85. The summed E-state index contributed by atoms with van der Waals surface area (Å²) >= 11 is 0. The number of aryl methyl sites for hydroxylation is 3. The Morgan fingerprint density at radius 1 is 0.368 bits per heavy atom. The number of hydrogen-bond acceptors (Lipinski definition) is 19. The van der Waals surface area contributed by atoms with Crippen molar-refractivity contribution in [2.24, 2.45) is 0 Å². The third-order valence-corrected chi connectivity index (χ3v) is 14.0. The number of benzene rings is 7. The molecule has 468 valence electrons. The Labute approximate surface area is 542 Å². The molecule has 6 aromatic heterocycles. The number of nitrogens with zero attached hydrogens (tertiary/aromatic N) is 10. The number of urea groups is 1. The van der Waals surface area contributed by atoms with Crippen LogP contribution in [0.5, 0.6) is 0 Å². The molecular formula is C70H57N19O6. The van der Waals surface area contributed by atoms with Gasteiger partial charge in [-0.2, -0.15) is 0 Å². The maximum atomic E-state index is 12.8. The molecule has 0 aliphatic carbocycles. The predicted molar refractivity (Wildman–Crippen MR) is 369 cm³/mol. The van der Waals surface area contributed by atoms with Gasteiger partial charge in [0.1, 0.15) is 16.6 Å². The van der Waals surface area contributed by atoms with Crippen molar-refractivity contribution in [3.05, 3.63) is 275 Å². The van der Waals surface area contributed by atoms with Gasteiger partial charge in [0.25, 0.3) is 23.4 Å². The number of nitrogens with two attached hydrogens (primary N) is 1. The summed E-state index contributed by atoms with van der Waals surface area (Å²) in [5.74, 6) is 0.796. The van der Waals surface area contributed by atoms with Crippen molar-refractivity contribution in [3.63, 3.8) is 0 Å². The monoisotopic (exact) mass is 1260 g/mol. The van der Waals surface area contributed by atoms with E-state index in [2.05, 4.69) is 87.4 Å². The Balaban J connectivity index is 0.000000147. The van der Waals surface area contributed by atoms with Crippen LogP contribution in [-0.2, 0) is 0 Å². The first kappa shape index (κ1) is 62.9. The lowest BCUT2D eigenvalue weighted by atomic mass is 10.2. The maximum absolute atomic E-state index is 12.8. The number of rotatable bonds is 15. The second kappa shape index (κ2) is 29.3. The second-order valence-corrected chi connectivity index (χ2v) is 20.9. The molecule has 5 amide bonds. The van der Waals surface area contributed by atoms with E-state index in [1.807, 2.05) is 116 Å². The average Bonchev–Trinajstić information content (AvgIpc) is 0.848. The number of amides is 5. The molecule has 0 aliphatic rings. The van der Waals surface area contributed by atoms with Crippen LogP contribution < -0.4 is 48.3 Å². The van der Waals surface area contributed by atoms with E-state index in [0.29, 0.717) is 119 Å². The number of para-hydroxylation sites is 4. The third kappa shape index (κ3) is 16.8. The van der Waals surface area contributed by atoms with Crippen molar-refractivity contribution >= 4 is 132 Å². The van der Waals surface area contributed by atoms with E-state index >= 15 is 0 Å². The number of carbonyl (C=O) groups excluding carboxylic acids is 4. The van der Waals surface area contributed by atoms with Crippen LogP contribution in [0.3, 0.4) is 0 Å². The molecule has 0 bridgehead atoms. The van der Waals surface area contributed by atoms with Gasteiger partial charge < -0.3 is 48.3 Å². The zero-order chi connectivity index (χ0) is 66.2. The molecule has 13 aromatic rings. The first-order chi connectivity index (χ1) is 46.1. The van der Waals surface area contributed by atoms with Crippen molar-refractivity contribution in [2.45, 2.75) is 20.8 Å². The van der Waals surface area contributed by atoms with Gasteiger partial charge in [-0.05, 0) is 148 Å². The first-order valence-electron chi connectivity index (χ1n) is 29.3.